The summed E-state index contributed by atoms with van der Waals surface area (Å²) in [5, 5.41) is 13.8. The molecule has 0 amide bonds. The molecule has 0 aliphatic rings. The van der Waals surface area contributed by atoms with E-state index in [1.807, 2.05) is 0 Å². The van der Waals surface area contributed by atoms with Gasteiger partial charge in [-0.1, -0.05) is 5.16 Å². The maximum Gasteiger partial charge on any atom is 0.280 e. The molecule has 0 aliphatic carbocycles. The number of aromatic amines is 1. The van der Waals surface area contributed by atoms with Crippen molar-refractivity contribution in [2.45, 2.75) is 6.92 Å². The number of aryl methyl sites for hydroxylation is 1. The summed E-state index contributed by atoms with van der Waals surface area (Å²) >= 11 is 0. The molecule has 0 fully saturated rings. The van der Waals surface area contributed by atoms with Crippen molar-refractivity contribution >= 4 is 0 Å². The molecule has 96 valence electrons. The molecule has 8 heteroatoms. The van der Waals surface area contributed by atoms with Crippen LogP contribution in [0.4, 0.5) is 8.78 Å². The Hall–Kier alpha value is -2.64. The van der Waals surface area contributed by atoms with Gasteiger partial charge in [0.1, 0.15) is 0 Å². The van der Waals surface area contributed by atoms with E-state index < -0.39 is 11.6 Å². The van der Waals surface area contributed by atoms with E-state index in [1.54, 1.807) is 6.92 Å². The Morgan fingerprint density at radius 2 is 2.00 bits per heavy atom. The van der Waals surface area contributed by atoms with Gasteiger partial charge in [-0.15, -0.1) is 0 Å². The number of hydrogen-bond donors (Lipinski definition) is 1. The number of halogens is 2. The van der Waals surface area contributed by atoms with Crippen LogP contribution < -0.4 is 0 Å². The lowest BCUT2D eigenvalue weighted by molar-refractivity contribution is 0.430. The first-order valence-corrected chi connectivity index (χ1v) is 5.32. The summed E-state index contributed by atoms with van der Waals surface area (Å²) in [7, 11) is 0. The Morgan fingerprint density at radius 1 is 1.16 bits per heavy atom. The Morgan fingerprint density at radius 3 is 2.68 bits per heavy atom. The van der Waals surface area contributed by atoms with Gasteiger partial charge in [0.15, 0.2) is 17.3 Å². The van der Waals surface area contributed by atoms with Gasteiger partial charge in [-0.25, -0.2) is 8.78 Å². The normalized spacial score (nSPS) is 10.9. The fraction of sp³-hybridized carbons (Fsp3) is 0.0909. The summed E-state index contributed by atoms with van der Waals surface area (Å²) in [5.41, 5.74) is 1.33. The molecule has 3 rings (SSSR count). The van der Waals surface area contributed by atoms with Gasteiger partial charge in [0.25, 0.3) is 5.89 Å². The summed E-state index contributed by atoms with van der Waals surface area (Å²) < 4.78 is 31.0. The first kappa shape index (κ1) is 11.5. The van der Waals surface area contributed by atoms with Crippen LogP contribution in [0.25, 0.3) is 23.0 Å². The van der Waals surface area contributed by atoms with Crippen molar-refractivity contribution in [2.24, 2.45) is 0 Å². The van der Waals surface area contributed by atoms with E-state index in [9.17, 15) is 8.78 Å². The first-order valence-electron chi connectivity index (χ1n) is 5.32. The molecule has 0 aliphatic heterocycles. The summed E-state index contributed by atoms with van der Waals surface area (Å²) in [4.78, 5) is 4.07. The molecule has 2 aromatic heterocycles. The van der Waals surface area contributed by atoms with Gasteiger partial charge in [0, 0.05) is 5.56 Å². The third-order valence-electron chi connectivity index (χ3n) is 2.53. The minimum atomic E-state index is -0.971. The lowest BCUT2D eigenvalue weighted by Gasteiger charge is -1.95. The van der Waals surface area contributed by atoms with Crippen molar-refractivity contribution in [1.29, 1.82) is 0 Å². The molecule has 1 N–H and O–H groups in total. The fourth-order valence-corrected chi connectivity index (χ4v) is 1.56. The SMILES string of the molecule is Cc1n[nH]nc1-c1nc(-c2ccc(F)c(F)c2)no1. The van der Waals surface area contributed by atoms with E-state index in [1.165, 1.54) is 6.07 Å². The smallest absolute Gasteiger partial charge is 0.280 e. The number of aromatic nitrogens is 5. The van der Waals surface area contributed by atoms with Gasteiger partial charge in [-0.05, 0) is 25.1 Å². The lowest BCUT2D eigenvalue weighted by Crippen LogP contribution is -1.87. The molecule has 0 bridgehead atoms. The molecular formula is C11H7F2N5O. The average Bonchev–Trinajstić information content (AvgIpc) is 3.01. The number of nitrogens with one attached hydrogen (secondary N) is 1. The van der Waals surface area contributed by atoms with E-state index in [0.29, 0.717) is 17.0 Å². The average molecular weight is 263 g/mol. The van der Waals surface area contributed by atoms with Crippen LogP contribution in [0.5, 0.6) is 0 Å². The number of nitrogens with zero attached hydrogens (tertiary/aromatic N) is 4. The van der Waals surface area contributed by atoms with Gasteiger partial charge in [-0.2, -0.15) is 20.4 Å². The summed E-state index contributed by atoms with van der Waals surface area (Å²) in [6.07, 6.45) is 0. The van der Waals surface area contributed by atoms with Crippen LogP contribution in [-0.4, -0.2) is 25.6 Å². The zero-order valence-electron chi connectivity index (χ0n) is 9.69. The van der Waals surface area contributed by atoms with Crippen molar-refractivity contribution < 1.29 is 13.3 Å². The van der Waals surface area contributed by atoms with E-state index in [2.05, 4.69) is 25.6 Å². The predicted octanol–water partition coefficient (Wildman–Crippen LogP) is 2.11. The van der Waals surface area contributed by atoms with Crippen LogP contribution in [0.1, 0.15) is 5.69 Å². The Balaban J connectivity index is 2.01. The molecule has 0 spiro atoms. The summed E-state index contributed by atoms with van der Waals surface area (Å²) in [6, 6.07) is 3.37. The number of H-pyrrole nitrogens is 1. The van der Waals surface area contributed by atoms with Crippen LogP contribution in [-0.2, 0) is 0 Å². The van der Waals surface area contributed by atoms with Gasteiger partial charge in [-0.3, -0.25) is 0 Å². The standard InChI is InChI=1S/C11H7F2N5O/c1-5-9(16-18-15-5)11-14-10(17-19-11)6-2-3-7(12)8(13)4-6/h2-4H,1H3,(H,15,16,18). The van der Waals surface area contributed by atoms with Crippen molar-refractivity contribution in [3.63, 3.8) is 0 Å². The van der Waals surface area contributed by atoms with E-state index in [-0.39, 0.29) is 11.7 Å². The van der Waals surface area contributed by atoms with E-state index in [0.717, 1.165) is 12.1 Å². The number of hydrogen-bond acceptors (Lipinski definition) is 5. The quantitative estimate of drug-likeness (QED) is 0.765. The molecule has 3 aromatic rings. The monoisotopic (exact) mass is 263 g/mol. The molecule has 0 atom stereocenters. The summed E-state index contributed by atoms with van der Waals surface area (Å²) in [5.74, 6) is -1.59. The van der Waals surface area contributed by atoms with Crippen LogP contribution in [0.3, 0.4) is 0 Å². The van der Waals surface area contributed by atoms with E-state index >= 15 is 0 Å². The molecule has 6 nitrogen and oxygen atoms in total. The van der Waals surface area contributed by atoms with Crippen LogP contribution in [0.15, 0.2) is 22.7 Å². The molecule has 0 saturated heterocycles. The Bertz CT molecular complexity index is 736. The molecule has 0 saturated carbocycles. The molecule has 0 unspecified atom stereocenters. The van der Waals surface area contributed by atoms with Gasteiger partial charge < -0.3 is 4.52 Å². The van der Waals surface area contributed by atoms with Gasteiger partial charge >= 0.3 is 0 Å². The Labute approximate surface area is 105 Å². The van der Waals surface area contributed by atoms with E-state index in [4.69, 9.17) is 4.52 Å². The molecular weight excluding hydrogens is 256 g/mol. The highest BCUT2D eigenvalue weighted by Crippen LogP contribution is 2.23. The lowest BCUT2D eigenvalue weighted by atomic mass is 10.2. The van der Waals surface area contributed by atoms with Crippen molar-refractivity contribution in [3.8, 4) is 23.0 Å². The fourth-order valence-electron chi connectivity index (χ4n) is 1.56. The van der Waals surface area contributed by atoms with Crippen molar-refractivity contribution in [3.05, 3.63) is 35.5 Å². The second kappa shape index (κ2) is 4.23. The highest BCUT2D eigenvalue weighted by atomic mass is 19.2. The third-order valence-corrected chi connectivity index (χ3v) is 2.53. The van der Waals surface area contributed by atoms with Crippen molar-refractivity contribution in [1.82, 2.24) is 25.6 Å². The third kappa shape index (κ3) is 1.96. The van der Waals surface area contributed by atoms with Crippen LogP contribution in [0.2, 0.25) is 0 Å². The second-order valence-corrected chi connectivity index (χ2v) is 3.81. The van der Waals surface area contributed by atoms with Gasteiger partial charge in [0.05, 0.1) is 5.69 Å². The van der Waals surface area contributed by atoms with Crippen LogP contribution >= 0.6 is 0 Å². The first-order chi connectivity index (χ1) is 9.15. The largest absolute Gasteiger partial charge is 0.332 e. The number of benzene rings is 1. The highest BCUT2D eigenvalue weighted by Gasteiger charge is 2.16. The molecule has 1 aromatic carbocycles. The molecule has 2 heterocycles. The predicted molar refractivity (Wildman–Crippen MR) is 59.8 cm³/mol. The topological polar surface area (TPSA) is 80.5 Å². The zero-order chi connectivity index (χ0) is 13.4. The maximum absolute atomic E-state index is 13.1. The maximum atomic E-state index is 13.1. The Kier molecular flexibility index (Phi) is 2.55. The van der Waals surface area contributed by atoms with Crippen LogP contribution in [0, 0.1) is 18.6 Å². The molecule has 0 radical (unpaired) electrons. The van der Waals surface area contributed by atoms with Crippen molar-refractivity contribution in [2.75, 3.05) is 0 Å². The minimum absolute atomic E-state index is 0.149. The van der Waals surface area contributed by atoms with Gasteiger partial charge in [0.2, 0.25) is 5.82 Å². The molecule has 19 heavy (non-hydrogen) atoms. The zero-order valence-corrected chi connectivity index (χ0v) is 9.69. The number of rotatable bonds is 2. The highest BCUT2D eigenvalue weighted by molar-refractivity contribution is 5.58. The second-order valence-electron chi connectivity index (χ2n) is 3.81. The summed E-state index contributed by atoms with van der Waals surface area (Å²) in [6.45, 7) is 1.72. The minimum Gasteiger partial charge on any atom is -0.332 e.